The van der Waals surface area contributed by atoms with Gasteiger partial charge in [0.1, 0.15) is 4.99 Å². The number of carbonyl (C=O) groups is 1. The Balaban J connectivity index is 1.98. The number of nitrogens with two attached hydrogens (primary N) is 1. The largest absolute Gasteiger partial charge is 0.389 e. The maximum absolute atomic E-state index is 11.9. The van der Waals surface area contributed by atoms with Crippen LogP contribution in [-0.2, 0) is 4.79 Å². The number of rotatable bonds is 3. The minimum Gasteiger partial charge on any atom is -0.389 e. The van der Waals surface area contributed by atoms with Gasteiger partial charge in [-0.3, -0.25) is 4.79 Å². The van der Waals surface area contributed by atoms with Crippen LogP contribution in [0.2, 0.25) is 0 Å². The van der Waals surface area contributed by atoms with E-state index in [1.165, 1.54) is 0 Å². The summed E-state index contributed by atoms with van der Waals surface area (Å²) in [6.07, 6.45) is 2.10. The molecule has 17 heavy (non-hydrogen) atoms. The normalized spacial score (nSPS) is 18.9. The highest BCUT2D eigenvalue weighted by Crippen LogP contribution is 2.27. The maximum Gasteiger partial charge on any atom is 0.237 e. The first kappa shape index (κ1) is 12.4. The van der Waals surface area contributed by atoms with Crippen LogP contribution in [0.25, 0.3) is 0 Å². The first-order valence-corrected chi connectivity index (χ1v) is 6.95. The molecule has 1 aromatic carbocycles. The Kier molecular flexibility index (Phi) is 4.02. The van der Waals surface area contributed by atoms with E-state index >= 15 is 0 Å². The van der Waals surface area contributed by atoms with Crippen molar-refractivity contribution in [2.75, 3.05) is 11.1 Å². The molecule has 3 nitrogen and oxygen atoms in total. The Morgan fingerprint density at radius 3 is 2.65 bits per heavy atom. The number of carbonyl (C=O) groups excluding carboxylic acids is 1. The Hall–Kier alpha value is -1.07. The fraction of sp³-hybridized carbons (Fsp3) is 0.333. The van der Waals surface area contributed by atoms with Crippen molar-refractivity contribution in [1.82, 2.24) is 0 Å². The van der Waals surface area contributed by atoms with Crippen molar-refractivity contribution in [1.29, 1.82) is 0 Å². The summed E-state index contributed by atoms with van der Waals surface area (Å²) in [6, 6.07) is 7.29. The molecule has 1 unspecified atom stereocenters. The molecule has 1 amide bonds. The van der Waals surface area contributed by atoms with Crippen LogP contribution in [0.15, 0.2) is 24.3 Å². The summed E-state index contributed by atoms with van der Waals surface area (Å²) in [5.41, 5.74) is 7.11. The van der Waals surface area contributed by atoms with E-state index < -0.39 is 0 Å². The number of nitrogens with one attached hydrogen (secondary N) is 1. The third-order valence-electron chi connectivity index (χ3n) is 2.66. The van der Waals surface area contributed by atoms with Crippen LogP contribution in [0.5, 0.6) is 0 Å². The van der Waals surface area contributed by atoms with Gasteiger partial charge in [0, 0.05) is 11.3 Å². The fourth-order valence-corrected chi connectivity index (χ4v) is 3.02. The number of hydrogen-bond donors (Lipinski definition) is 2. The van der Waals surface area contributed by atoms with Crippen molar-refractivity contribution >= 4 is 40.6 Å². The first-order chi connectivity index (χ1) is 8.16. The van der Waals surface area contributed by atoms with Gasteiger partial charge in [-0.15, -0.1) is 11.8 Å². The molecule has 2 rings (SSSR count). The Labute approximate surface area is 110 Å². The SMILES string of the molecule is NC(=S)c1ccc(NC(=O)C2CCCS2)cc1. The van der Waals surface area contributed by atoms with E-state index in [1.807, 2.05) is 24.3 Å². The van der Waals surface area contributed by atoms with Crippen LogP contribution in [-0.4, -0.2) is 21.9 Å². The van der Waals surface area contributed by atoms with E-state index in [0.29, 0.717) is 4.99 Å². The lowest BCUT2D eigenvalue weighted by Gasteiger charge is -2.10. The highest BCUT2D eigenvalue weighted by atomic mass is 32.2. The number of anilines is 1. The molecule has 1 heterocycles. The van der Waals surface area contributed by atoms with Crippen molar-refractivity contribution in [3.63, 3.8) is 0 Å². The van der Waals surface area contributed by atoms with E-state index in [0.717, 1.165) is 29.8 Å². The van der Waals surface area contributed by atoms with Crippen LogP contribution in [0, 0.1) is 0 Å². The van der Waals surface area contributed by atoms with Gasteiger partial charge in [-0.25, -0.2) is 0 Å². The second-order valence-electron chi connectivity index (χ2n) is 3.93. The van der Waals surface area contributed by atoms with Gasteiger partial charge in [-0.1, -0.05) is 12.2 Å². The lowest BCUT2D eigenvalue weighted by Crippen LogP contribution is -2.22. The summed E-state index contributed by atoms with van der Waals surface area (Å²) in [5, 5.41) is 3.01. The second kappa shape index (κ2) is 5.51. The molecule has 3 N–H and O–H groups in total. The molecule has 0 saturated carbocycles. The fourth-order valence-electron chi connectivity index (χ4n) is 1.73. The molecule has 0 bridgehead atoms. The van der Waals surface area contributed by atoms with Crippen molar-refractivity contribution in [3.05, 3.63) is 29.8 Å². The average Bonchev–Trinajstić information content (AvgIpc) is 2.83. The average molecular weight is 266 g/mol. The summed E-state index contributed by atoms with van der Waals surface area (Å²) >= 11 is 6.59. The van der Waals surface area contributed by atoms with Gasteiger partial charge in [-0.2, -0.15) is 0 Å². The van der Waals surface area contributed by atoms with Crippen LogP contribution >= 0.6 is 24.0 Å². The molecule has 90 valence electrons. The van der Waals surface area contributed by atoms with Gasteiger partial charge in [0.05, 0.1) is 5.25 Å². The van der Waals surface area contributed by atoms with Crippen molar-refractivity contribution in [2.24, 2.45) is 5.73 Å². The lowest BCUT2D eigenvalue weighted by atomic mass is 10.2. The van der Waals surface area contributed by atoms with E-state index in [1.54, 1.807) is 11.8 Å². The highest BCUT2D eigenvalue weighted by Gasteiger charge is 2.23. The number of thiocarbonyl (C=S) groups is 1. The third kappa shape index (κ3) is 3.20. The quantitative estimate of drug-likeness (QED) is 0.823. The zero-order chi connectivity index (χ0) is 12.3. The molecule has 0 aliphatic carbocycles. The zero-order valence-electron chi connectivity index (χ0n) is 9.31. The topological polar surface area (TPSA) is 55.1 Å². The smallest absolute Gasteiger partial charge is 0.237 e. The molecule has 1 aromatic rings. The summed E-state index contributed by atoms with van der Waals surface area (Å²) in [7, 11) is 0. The minimum absolute atomic E-state index is 0.0931. The predicted molar refractivity (Wildman–Crippen MR) is 76.4 cm³/mol. The van der Waals surface area contributed by atoms with Gasteiger partial charge >= 0.3 is 0 Å². The minimum atomic E-state index is 0.0931. The van der Waals surface area contributed by atoms with Gasteiger partial charge in [0.2, 0.25) is 5.91 Å². The molecule has 0 radical (unpaired) electrons. The van der Waals surface area contributed by atoms with Crippen LogP contribution in [0.4, 0.5) is 5.69 Å². The molecule has 0 aromatic heterocycles. The highest BCUT2D eigenvalue weighted by molar-refractivity contribution is 8.00. The van der Waals surface area contributed by atoms with Gasteiger partial charge in [0.15, 0.2) is 0 Å². The Bertz CT molecular complexity index is 425. The summed E-state index contributed by atoms with van der Waals surface area (Å²) < 4.78 is 0. The second-order valence-corrected chi connectivity index (χ2v) is 5.68. The van der Waals surface area contributed by atoms with Crippen molar-refractivity contribution < 1.29 is 4.79 Å². The number of thioether (sulfide) groups is 1. The lowest BCUT2D eigenvalue weighted by molar-refractivity contribution is -0.115. The Morgan fingerprint density at radius 2 is 2.12 bits per heavy atom. The maximum atomic E-state index is 11.9. The molecule has 1 fully saturated rings. The van der Waals surface area contributed by atoms with Gasteiger partial charge in [0.25, 0.3) is 0 Å². The summed E-state index contributed by atoms with van der Waals surface area (Å²) in [6.45, 7) is 0. The zero-order valence-corrected chi connectivity index (χ0v) is 10.9. The number of hydrogen-bond acceptors (Lipinski definition) is 3. The van der Waals surface area contributed by atoms with E-state index in [9.17, 15) is 4.79 Å². The molecule has 0 spiro atoms. The van der Waals surface area contributed by atoms with Crippen molar-refractivity contribution in [3.8, 4) is 0 Å². The van der Waals surface area contributed by atoms with Gasteiger partial charge < -0.3 is 11.1 Å². The Morgan fingerprint density at radius 1 is 1.41 bits per heavy atom. The molecular formula is C12H14N2OS2. The van der Waals surface area contributed by atoms with Crippen LogP contribution < -0.4 is 11.1 Å². The van der Waals surface area contributed by atoms with Crippen LogP contribution in [0.3, 0.4) is 0 Å². The molecule has 5 heteroatoms. The van der Waals surface area contributed by atoms with Gasteiger partial charge in [-0.05, 0) is 42.9 Å². The standard InChI is InChI=1S/C12H14N2OS2/c13-11(16)8-3-5-9(6-4-8)14-12(15)10-2-1-7-17-10/h3-6,10H,1-2,7H2,(H2,13,16)(H,14,15). The van der Waals surface area contributed by atoms with Crippen molar-refractivity contribution in [2.45, 2.75) is 18.1 Å². The number of amides is 1. The van der Waals surface area contributed by atoms with E-state index in [-0.39, 0.29) is 11.2 Å². The molecule has 1 aliphatic heterocycles. The van der Waals surface area contributed by atoms with E-state index in [4.69, 9.17) is 18.0 Å². The molecule has 1 atom stereocenters. The van der Waals surface area contributed by atoms with E-state index in [2.05, 4.69) is 5.32 Å². The predicted octanol–water partition coefficient (Wildman–Crippen LogP) is 2.15. The van der Waals surface area contributed by atoms with Crippen LogP contribution in [0.1, 0.15) is 18.4 Å². The first-order valence-electron chi connectivity index (χ1n) is 5.49. The third-order valence-corrected chi connectivity index (χ3v) is 4.27. The number of benzene rings is 1. The molecule has 1 saturated heterocycles. The summed E-state index contributed by atoms with van der Waals surface area (Å²) in [4.78, 5) is 12.2. The molecular weight excluding hydrogens is 252 g/mol. The molecule has 1 aliphatic rings. The monoisotopic (exact) mass is 266 g/mol. The summed E-state index contributed by atoms with van der Waals surface area (Å²) in [5.74, 6) is 1.17.